The number of aryl methyl sites for hydroxylation is 2. The number of carbonyl (C=O) groups excluding carboxylic acids is 2. The van der Waals surface area contributed by atoms with Gasteiger partial charge in [-0.15, -0.1) is 11.3 Å². The molecule has 0 radical (unpaired) electrons. The van der Waals surface area contributed by atoms with Crippen molar-refractivity contribution in [2.75, 3.05) is 0 Å². The predicted molar refractivity (Wildman–Crippen MR) is 87.4 cm³/mol. The van der Waals surface area contributed by atoms with Gasteiger partial charge in [0.1, 0.15) is 6.04 Å². The molecule has 0 spiro atoms. The lowest BCUT2D eigenvalue weighted by molar-refractivity contribution is -0.133. The summed E-state index contributed by atoms with van der Waals surface area (Å²) in [5, 5.41) is 5.71. The molecule has 2 N–H and O–H groups in total. The van der Waals surface area contributed by atoms with Gasteiger partial charge in [-0.1, -0.05) is 20.8 Å². The maximum Gasteiger partial charge on any atom is 0.242 e. The molecular formula is C16H26N2O2S. The molecule has 0 unspecified atom stereocenters. The second-order valence-electron chi connectivity index (χ2n) is 6.54. The van der Waals surface area contributed by atoms with Gasteiger partial charge >= 0.3 is 0 Å². The number of amides is 2. The fourth-order valence-corrected chi connectivity index (χ4v) is 3.00. The average Bonchev–Trinajstić information content (AvgIpc) is 2.66. The largest absolute Gasteiger partial charge is 0.348 e. The Morgan fingerprint density at radius 2 is 1.71 bits per heavy atom. The SMILES string of the molecule is Cc1cc([C@@H](C)NC(=O)[C@H](C)NC(=O)C(C)(C)C)c(C)s1. The van der Waals surface area contributed by atoms with Crippen molar-refractivity contribution in [3.63, 3.8) is 0 Å². The van der Waals surface area contributed by atoms with E-state index in [4.69, 9.17) is 0 Å². The van der Waals surface area contributed by atoms with Crippen LogP contribution in [0.4, 0.5) is 0 Å². The van der Waals surface area contributed by atoms with E-state index in [0.717, 1.165) is 5.56 Å². The molecule has 0 aliphatic heterocycles. The summed E-state index contributed by atoms with van der Waals surface area (Å²) < 4.78 is 0. The molecule has 2 atom stereocenters. The lowest BCUT2D eigenvalue weighted by Gasteiger charge is -2.23. The monoisotopic (exact) mass is 310 g/mol. The number of rotatable bonds is 4. The number of carbonyl (C=O) groups is 2. The van der Waals surface area contributed by atoms with E-state index in [0.29, 0.717) is 0 Å². The topological polar surface area (TPSA) is 58.2 Å². The zero-order valence-corrected chi connectivity index (χ0v) is 14.8. The zero-order chi connectivity index (χ0) is 16.4. The van der Waals surface area contributed by atoms with Crippen LogP contribution in [0.5, 0.6) is 0 Å². The maximum absolute atomic E-state index is 12.2. The van der Waals surface area contributed by atoms with Crippen molar-refractivity contribution in [2.45, 2.75) is 60.5 Å². The van der Waals surface area contributed by atoms with Crippen molar-refractivity contribution < 1.29 is 9.59 Å². The fourth-order valence-electron chi connectivity index (χ4n) is 1.98. The van der Waals surface area contributed by atoms with Gasteiger partial charge in [0.2, 0.25) is 11.8 Å². The van der Waals surface area contributed by atoms with Gasteiger partial charge in [0.05, 0.1) is 6.04 Å². The summed E-state index contributed by atoms with van der Waals surface area (Å²) in [4.78, 5) is 26.5. The summed E-state index contributed by atoms with van der Waals surface area (Å²) >= 11 is 1.73. The molecule has 1 heterocycles. The Bertz CT molecular complexity index is 529. The molecule has 2 amide bonds. The summed E-state index contributed by atoms with van der Waals surface area (Å²) in [6, 6.07) is 1.50. The maximum atomic E-state index is 12.2. The molecular weight excluding hydrogens is 284 g/mol. The molecule has 0 aromatic carbocycles. The van der Waals surface area contributed by atoms with E-state index < -0.39 is 11.5 Å². The van der Waals surface area contributed by atoms with Crippen LogP contribution in [-0.4, -0.2) is 17.9 Å². The minimum absolute atomic E-state index is 0.0589. The molecule has 1 aromatic heterocycles. The quantitative estimate of drug-likeness (QED) is 0.898. The van der Waals surface area contributed by atoms with Gasteiger partial charge < -0.3 is 10.6 Å². The van der Waals surface area contributed by atoms with Crippen molar-refractivity contribution in [1.29, 1.82) is 0 Å². The van der Waals surface area contributed by atoms with Crippen molar-refractivity contribution >= 4 is 23.2 Å². The first kappa shape index (κ1) is 17.7. The summed E-state index contributed by atoms with van der Waals surface area (Å²) in [5.41, 5.74) is 0.640. The Morgan fingerprint density at radius 1 is 1.14 bits per heavy atom. The van der Waals surface area contributed by atoms with Gasteiger partial charge in [-0.05, 0) is 39.3 Å². The van der Waals surface area contributed by atoms with Gasteiger partial charge in [0.25, 0.3) is 0 Å². The summed E-state index contributed by atoms with van der Waals surface area (Å²) in [6.45, 7) is 13.3. The van der Waals surface area contributed by atoms with E-state index in [9.17, 15) is 9.59 Å². The van der Waals surface area contributed by atoms with E-state index in [1.54, 1.807) is 18.3 Å². The predicted octanol–water partition coefficient (Wildman–Crippen LogP) is 3.09. The Balaban J connectivity index is 2.64. The molecule has 0 aliphatic carbocycles. The third-order valence-electron chi connectivity index (χ3n) is 3.33. The Labute approximate surface area is 131 Å². The van der Waals surface area contributed by atoms with Crippen molar-refractivity contribution in [2.24, 2.45) is 5.41 Å². The van der Waals surface area contributed by atoms with Gasteiger partial charge in [-0.25, -0.2) is 0 Å². The van der Waals surface area contributed by atoms with Gasteiger partial charge in [0, 0.05) is 15.2 Å². The second-order valence-corrected chi connectivity index (χ2v) is 8.00. The minimum atomic E-state index is -0.542. The van der Waals surface area contributed by atoms with Gasteiger partial charge in [-0.2, -0.15) is 0 Å². The van der Waals surface area contributed by atoms with Crippen LogP contribution in [0.25, 0.3) is 0 Å². The highest BCUT2D eigenvalue weighted by molar-refractivity contribution is 7.12. The van der Waals surface area contributed by atoms with Gasteiger partial charge in [-0.3, -0.25) is 9.59 Å². The molecule has 0 fully saturated rings. The van der Waals surface area contributed by atoms with Crippen LogP contribution >= 0.6 is 11.3 Å². The van der Waals surface area contributed by atoms with Crippen LogP contribution in [0, 0.1) is 19.3 Å². The lowest BCUT2D eigenvalue weighted by atomic mass is 9.95. The van der Waals surface area contributed by atoms with Crippen LogP contribution in [0.3, 0.4) is 0 Å². The van der Waals surface area contributed by atoms with Crippen LogP contribution in [0.15, 0.2) is 6.07 Å². The summed E-state index contributed by atoms with van der Waals surface area (Å²) in [5.74, 6) is -0.288. The van der Waals surface area contributed by atoms with Crippen LogP contribution in [-0.2, 0) is 9.59 Å². The van der Waals surface area contributed by atoms with Crippen molar-refractivity contribution in [3.05, 3.63) is 21.4 Å². The average molecular weight is 310 g/mol. The highest BCUT2D eigenvalue weighted by Gasteiger charge is 2.26. The first-order valence-corrected chi connectivity index (χ1v) is 8.02. The molecule has 1 rings (SSSR count). The Hall–Kier alpha value is -1.36. The lowest BCUT2D eigenvalue weighted by Crippen LogP contribution is -2.48. The zero-order valence-electron chi connectivity index (χ0n) is 14.0. The van der Waals surface area contributed by atoms with Crippen molar-refractivity contribution in [3.8, 4) is 0 Å². The Morgan fingerprint density at radius 3 is 2.14 bits per heavy atom. The van der Waals surface area contributed by atoms with Crippen LogP contribution in [0.2, 0.25) is 0 Å². The van der Waals surface area contributed by atoms with E-state index in [1.165, 1.54) is 9.75 Å². The molecule has 0 saturated heterocycles. The second kappa shape index (κ2) is 6.60. The third-order valence-corrected chi connectivity index (χ3v) is 4.31. The molecule has 0 bridgehead atoms. The first-order chi connectivity index (χ1) is 9.52. The first-order valence-electron chi connectivity index (χ1n) is 7.20. The molecule has 4 nitrogen and oxygen atoms in total. The summed E-state index contributed by atoms with van der Waals surface area (Å²) in [7, 11) is 0. The number of thiophene rings is 1. The molecule has 21 heavy (non-hydrogen) atoms. The third kappa shape index (κ3) is 4.84. The minimum Gasteiger partial charge on any atom is -0.348 e. The molecule has 118 valence electrons. The van der Waals surface area contributed by atoms with Crippen molar-refractivity contribution in [1.82, 2.24) is 10.6 Å². The van der Waals surface area contributed by atoms with E-state index >= 15 is 0 Å². The summed E-state index contributed by atoms with van der Waals surface area (Å²) in [6.07, 6.45) is 0. The van der Waals surface area contributed by atoms with Crippen LogP contribution in [0.1, 0.15) is 56.0 Å². The Kier molecular flexibility index (Phi) is 5.56. The normalized spacial score (nSPS) is 14.4. The molecule has 0 saturated carbocycles. The number of hydrogen-bond acceptors (Lipinski definition) is 3. The van der Waals surface area contributed by atoms with Gasteiger partial charge in [0.15, 0.2) is 0 Å². The highest BCUT2D eigenvalue weighted by Crippen LogP contribution is 2.26. The number of hydrogen-bond donors (Lipinski definition) is 2. The van der Waals surface area contributed by atoms with E-state index in [-0.39, 0.29) is 17.9 Å². The smallest absolute Gasteiger partial charge is 0.242 e. The number of nitrogens with one attached hydrogen (secondary N) is 2. The standard InChI is InChI=1S/C16H26N2O2S/c1-9-8-13(12(4)21-9)10(2)17-14(19)11(3)18-15(20)16(5,6)7/h8,10-11H,1-7H3,(H,17,19)(H,18,20)/t10-,11+/m1/s1. The molecule has 1 aromatic rings. The van der Waals surface area contributed by atoms with E-state index in [2.05, 4.69) is 30.5 Å². The van der Waals surface area contributed by atoms with E-state index in [1.807, 2.05) is 27.7 Å². The van der Waals surface area contributed by atoms with Crippen LogP contribution < -0.4 is 10.6 Å². The molecule has 0 aliphatic rings. The highest BCUT2D eigenvalue weighted by atomic mass is 32.1. The fraction of sp³-hybridized carbons (Fsp3) is 0.625. The molecule has 5 heteroatoms.